The van der Waals surface area contributed by atoms with Gasteiger partial charge in [0.05, 0.1) is 0 Å². The largest absolute Gasteiger partial charge is 0.353 e. The number of rotatable bonds is 4. The summed E-state index contributed by atoms with van der Waals surface area (Å²) in [5, 5.41) is 3.16. The maximum Gasteiger partial charge on any atom is 0.220 e. The summed E-state index contributed by atoms with van der Waals surface area (Å²) >= 11 is 0. The maximum absolute atomic E-state index is 11.7. The molecule has 0 saturated heterocycles. The lowest BCUT2D eigenvalue weighted by Gasteiger charge is -2.34. The van der Waals surface area contributed by atoms with E-state index in [0.29, 0.717) is 18.4 Å². The van der Waals surface area contributed by atoms with Crippen LogP contribution in [0.3, 0.4) is 0 Å². The lowest BCUT2D eigenvalue weighted by Crippen LogP contribution is -2.43. The molecule has 0 aromatic carbocycles. The number of hydrogen-bond donors (Lipinski definition) is 2. The van der Waals surface area contributed by atoms with Crippen molar-refractivity contribution in [2.45, 2.75) is 65.0 Å². The van der Waals surface area contributed by atoms with Crippen LogP contribution in [0, 0.1) is 11.8 Å². The Kier molecular flexibility index (Phi) is 5.26. The van der Waals surface area contributed by atoms with Gasteiger partial charge in [-0.25, -0.2) is 0 Å². The first kappa shape index (κ1) is 13.5. The average molecular weight is 226 g/mol. The Bertz CT molecular complexity index is 228. The molecule has 0 spiro atoms. The molecule has 3 N–H and O–H groups in total. The first-order valence-electron chi connectivity index (χ1n) is 6.55. The zero-order valence-electron chi connectivity index (χ0n) is 10.8. The fourth-order valence-electron chi connectivity index (χ4n) is 2.42. The van der Waals surface area contributed by atoms with Crippen molar-refractivity contribution in [2.75, 3.05) is 0 Å². The van der Waals surface area contributed by atoms with Gasteiger partial charge in [-0.3, -0.25) is 4.79 Å². The van der Waals surface area contributed by atoms with Crippen LogP contribution in [0.1, 0.15) is 52.9 Å². The molecule has 1 fully saturated rings. The minimum Gasteiger partial charge on any atom is -0.353 e. The third kappa shape index (κ3) is 4.12. The Morgan fingerprint density at radius 2 is 2.12 bits per heavy atom. The second-order valence-electron chi connectivity index (χ2n) is 5.46. The zero-order valence-corrected chi connectivity index (χ0v) is 10.8. The van der Waals surface area contributed by atoms with Crippen LogP contribution in [0.4, 0.5) is 0 Å². The molecule has 0 aromatic rings. The van der Waals surface area contributed by atoms with Gasteiger partial charge in [-0.2, -0.15) is 0 Å². The predicted molar refractivity (Wildman–Crippen MR) is 67.0 cm³/mol. The van der Waals surface area contributed by atoms with Gasteiger partial charge in [0, 0.05) is 18.5 Å². The number of carbonyl (C=O) groups excluding carboxylic acids is 1. The highest BCUT2D eigenvalue weighted by molar-refractivity contribution is 5.76. The topological polar surface area (TPSA) is 55.1 Å². The number of carbonyl (C=O) groups is 1. The molecule has 1 saturated carbocycles. The number of nitrogens with one attached hydrogen (secondary N) is 1. The van der Waals surface area contributed by atoms with Crippen LogP contribution >= 0.6 is 0 Å². The summed E-state index contributed by atoms with van der Waals surface area (Å²) < 4.78 is 0. The molecule has 1 aliphatic rings. The normalized spacial score (nSPS) is 32.1. The minimum absolute atomic E-state index is 0.119. The highest BCUT2D eigenvalue weighted by atomic mass is 16.1. The van der Waals surface area contributed by atoms with E-state index in [1.54, 1.807) is 0 Å². The molecular formula is C13H26N2O. The predicted octanol–water partition coefficient (Wildman–Crippen LogP) is 2.05. The van der Waals surface area contributed by atoms with Gasteiger partial charge >= 0.3 is 0 Å². The fraction of sp³-hybridized carbons (Fsp3) is 0.923. The minimum atomic E-state index is 0.119. The molecule has 4 unspecified atom stereocenters. The third-order valence-electron chi connectivity index (χ3n) is 3.88. The smallest absolute Gasteiger partial charge is 0.220 e. The van der Waals surface area contributed by atoms with Crippen molar-refractivity contribution in [2.24, 2.45) is 17.6 Å². The van der Waals surface area contributed by atoms with Crippen molar-refractivity contribution in [3.63, 3.8) is 0 Å². The molecule has 3 heteroatoms. The molecule has 0 radical (unpaired) electrons. The number of hydrogen-bond acceptors (Lipinski definition) is 2. The van der Waals surface area contributed by atoms with E-state index in [2.05, 4.69) is 19.2 Å². The Balaban J connectivity index is 2.32. The van der Waals surface area contributed by atoms with E-state index in [1.165, 1.54) is 12.8 Å². The Labute approximate surface area is 99.2 Å². The van der Waals surface area contributed by atoms with Crippen molar-refractivity contribution in [1.82, 2.24) is 5.32 Å². The summed E-state index contributed by atoms with van der Waals surface area (Å²) in [4.78, 5) is 11.7. The zero-order chi connectivity index (χ0) is 12.1. The second kappa shape index (κ2) is 6.24. The van der Waals surface area contributed by atoms with Crippen LogP contribution in [-0.2, 0) is 4.79 Å². The van der Waals surface area contributed by atoms with Gasteiger partial charge in [-0.1, -0.05) is 26.7 Å². The van der Waals surface area contributed by atoms with E-state index in [9.17, 15) is 4.79 Å². The quantitative estimate of drug-likeness (QED) is 0.771. The standard InChI is InChI=1S/C13H26N2O/c1-9-5-4-6-12(11(9)3)15-13(16)8-7-10(2)14/h9-12H,4-8,14H2,1-3H3,(H,15,16). The maximum atomic E-state index is 11.7. The first-order valence-corrected chi connectivity index (χ1v) is 6.55. The molecule has 0 aromatic heterocycles. The van der Waals surface area contributed by atoms with Crippen molar-refractivity contribution in [3.05, 3.63) is 0 Å². The van der Waals surface area contributed by atoms with Crippen molar-refractivity contribution < 1.29 is 4.79 Å². The highest BCUT2D eigenvalue weighted by Gasteiger charge is 2.27. The van der Waals surface area contributed by atoms with Gasteiger partial charge in [0.25, 0.3) is 0 Å². The van der Waals surface area contributed by atoms with Crippen LogP contribution < -0.4 is 11.1 Å². The van der Waals surface area contributed by atoms with Crippen LogP contribution in [0.25, 0.3) is 0 Å². The van der Waals surface area contributed by atoms with Crippen molar-refractivity contribution in [1.29, 1.82) is 0 Å². The monoisotopic (exact) mass is 226 g/mol. The van der Waals surface area contributed by atoms with Gasteiger partial charge < -0.3 is 11.1 Å². The van der Waals surface area contributed by atoms with E-state index in [4.69, 9.17) is 5.73 Å². The summed E-state index contributed by atoms with van der Waals surface area (Å²) in [5.74, 6) is 1.50. The molecule has 1 rings (SSSR count). The van der Waals surface area contributed by atoms with Crippen molar-refractivity contribution in [3.8, 4) is 0 Å². The second-order valence-corrected chi connectivity index (χ2v) is 5.46. The Morgan fingerprint density at radius 1 is 1.44 bits per heavy atom. The van der Waals surface area contributed by atoms with Crippen LogP contribution in [0.2, 0.25) is 0 Å². The number of nitrogens with two attached hydrogens (primary N) is 1. The lowest BCUT2D eigenvalue weighted by molar-refractivity contribution is -0.122. The van der Waals surface area contributed by atoms with E-state index in [1.807, 2.05) is 6.92 Å². The van der Waals surface area contributed by atoms with E-state index >= 15 is 0 Å². The molecule has 1 amide bonds. The van der Waals surface area contributed by atoms with Gasteiger partial charge in [0.2, 0.25) is 5.91 Å². The summed E-state index contributed by atoms with van der Waals surface area (Å²) in [6.45, 7) is 6.48. The summed E-state index contributed by atoms with van der Waals surface area (Å²) in [6.07, 6.45) is 5.02. The molecule has 16 heavy (non-hydrogen) atoms. The van der Waals surface area contributed by atoms with E-state index < -0.39 is 0 Å². The van der Waals surface area contributed by atoms with E-state index in [0.717, 1.165) is 18.8 Å². The average Bonchev–Trinajstić information content (AvgIpc) is 2.22. The van der Waals surface area contributed by atoms with Crippen LogP contribution in [0.5, 0.6) is 0 Å². The molecule has 3 nitrogen and oxygen atoms in total. The summed E-state index contributed by atoms with van der Waals surface area (Å²) in [7, 11) is 0. The highest BCUT2D eigenvalue weighted by Crippen LogP contribution is 2.29. The van der Waals surface area contributed by atoms with Gasteiger partial charge in [-0.15, -0.1) is 0 Å². The van der Waals surface area contributed by atoms with E-state index in [-0.39, 0.29) is 11.9 Å². The fourth-order valence-corrected chi connectivity index (χ4v) is 2.42. The van der Waals surface area contributed by atoms with Gasteiger partial charge in [0.1, 0.15) is 0 Å². The number of amides is 1. The Morgan fingerprint density at radius 3 is 2.75 bits per heavy atom. The molecule has 0 heterocycles. The Hall–Kier alpha value is -0.570. The molecule has 94 valence electrons. The van der Waals surface area contributed by atoms with Gasteiger partial charge in [-0.05, 0) is 31.6 Å². The lowest BCUT2D eigenvalue weighted by atomic mass is 9.78. The molecule has 4 atom stereocenters. The molecular weight excluding hydrogens is 200 g/mol. The molecule has 0 bridgehead atoms. The SMILES string of the molecule is CC(N)CCC(=O)NC1CCCC(C)C1C. The first-order chi connectivity index (χ1) is 7.50. The van der Waals surface area contributed by atoms with Crippen LogP contribution in [-0.4, -0.2) is 18.0 Å². The van der Waals surface area contributed by atoms with Crippen LogP contribution in [0.15, 0.2) is 0 Å². The molecule has 0 aliphatic heterocycles. The van der Waals surface area contributed by atoms with Gasteiger partial charge in [0.15, 0.2) is 0 Å². The molecule has 1 aliphatic carbocycles. The summed E-state index contributed by atoms with van der Waals surface area (Å²) in [5.41, 5.74) is 5.64. The summed E-state index contributed by atoms with van der Waals surface area (Å²) in [6, 6.07) is 0.498. The van der Waals surface area contributed by atoms with Crippen molar-refractivity contribution >= 4 is 5.91 Å². The third-order valence-corrected chi connectivity index (χ3v) is 3.88.